The Balaban J connectivity index is 1.89. The molecule has 1 unspecified atom stereocenters. The van der Waals surface area contributed by atoms with Crippen LogP contribution in [0.4, 0.5) is 0 Å². The summed E-state index contributed by atoms with van der Waals surface area (Å²) in [7, 11) is 0. The molecule has 1 heterocycles. The third-order valence-corrected chi connectivity index (χ3v) is 3.32. The lowest BCUT2D eigenvalue weighted by molar-refractivity contribution is 0.304. The molecule has 0 aliphatic carbocycles. The normalized spacial score (nSPS) is 12.2. The molecule has 0 amide bonds. The van der Waals surface area contributed by atoms with Crippen molar-refractivity contribution in [2.75, 3.05) is 0 Å². The summed E-state index contributed by atoms with van der Waals surface area (Å²) in [6, 6.07) is 12.5. The van der Waals surface area contributed by atoms with Crippen molar-refractivity contribution in [1.82, 2.24) is 4.98 Å². The van der Waals surface area contributed by atoms with E-state index in [0.29, 0.717) is 6.61 Å². The van der Waals surface area contributed by atoms with Crippen molar-refractivity contribution >= 4 is 0 Å². The maximum Gasteiger partial charge on any atom is 0.138 e. The summed E-state index contributed by atoms with van der Waals surface area (Å²) >= 11 is 0. The van der Waals surface area contributed by atoms with E-state index in [4.69, 9.17) is 10.5 Å². The zero-order valence-corrected chi connectivity index (χ0v) is 12.2. The average Bonchev–Trinajstić information content (AvgIpc) is 2.48. The highest BCUT2D eigenvalue weighted by atomic mass is 16.5. The van der Waals surface area contributed by atoms with Crippen molar-refractivity contribution in [2.24, 2.45) is 5.73 Å². The first-order valence-corrected chi connectivity index (χ1v) is 7.06. The van der Waals surface area contributed by atoms with Gasteiger partial charge in [-0.3, -0.25) is 4.98 Å². The Morgan fingerprint density at radius 2 is 1.90 bits per heavy atom. The molecule has 0 spiro atoms. The Hall–Kier alpha value is -1.87. The summed E-state index contributed by atoms with van der Waals surface area (Å²) < 4.78 is 5.72. The second-order valence-electron chi connectivity index (χ2n) is 5.13. The molecule has 0 saturated heterocycles. The number of nitrogens with two attached hydrogens (primary N) is 1. The zero-order chi connectivity index (χ0) is 14.4. The summed E-state index contributed by atoms with van der Waals surface area (Å²) in [6.07, 6.45) is 3.55. The molecule has 0 bridgehead atoms. The number of rotatable bonds is 6. The van der Waals surface area contributed by atoms with Gasteiger partial charge in [0.1, 0.15) is 12.4 Å². The number of pyridine rings is 1. The highest BCUT2D eigenvalue weighted by molar-refractivity contribution is 5.23. The van der Waals surface area contributed by atoms with Crippen LogP contribution in [-0.2, 0) is 13.0 Å². The Kier molecular flexibility index (Phi) is 5.13. The van der Waals surface area contributed by atoms with Gasteiger partial charge in [-0.25, -0.2) is 0 Å². The molecule has 3 heteroatoms. The smallest absolute Gasteiger partial charge is 0.138 e. The van der Waals surface area contributed by atoms with Gasteiger partial charge in [0, 0.05) is 18.2 Å². The van der Waals surface area contributed by atoms with Gasteiger partial charge in [0.25, 0.3) is 0 Å². The summed E-state index contributed by atoms with van der Waals surface area (Å²) in [5.41, 5.74) is 9.35. The molecular formula is C17H22N2O. The highest BCUT2D eigenvalue weighted by Gasteiger charge is 2.03. The minimum absolute atomic E-state index is 0.182. The largest absolute Gasteiger partial charge is 0.487 e. The van der Waals surface area contributed by atoms with E-state index >= 15 is 0 Å². The van der Waals surface area contributed by atoms with Crippen molar-refractivity contribution in [2.45, 2.75) is 39.3 Å². The quantitative estimate of drug-likeness (QED) is 0.876. The fourth-order valence-electron chi connectivity index (χ4n) is 1.88. The van der Waals surface area contributed by atoms with Crippen LogP contribution in [-0.4, -0.2) is 11.0 Å². The number of ether oxygens (including phenoxy) is 1. The molecule has 1 aromatic heterocycles. The topological polar surface area (TPSA) is 48.1 Å². The second-order valence-corrected chi connectivity index (χ2v) is 5.13. The predicted molar refractivity (Wildman–Crippen MR) is 81.7 cm³/mol. The van der Waals surface area contributed by atoms with Gasteiger partial charge in [-0.1, -0.05) is 36.8 Å². The monoisotopic (exact) mass is 270 g/mol. The van der Waals surface area contributed by atoms with Crippen LogP contribution in [0, 0.1) is 6.92 Å². The van der Waals surface area contributed by atoms with Gasteiger partial charge in [0.15, 0.2) is 0 Å². The van der Waals surface area contributed by atoms with Gasteiger partial charge >= 0.3 is 0 Å². The molecule has 20 heavy (non-hydrogen) atoms. The van der Waals surface area contributed by atoms with Gasteiger partial charge in [0.05, 0.1) is 6.20 Å². The third-order valence-electron chi connectivity index (χ3n) is 3.32. The summed E-state index contributed by atoms with van der Waals surface area (Å²) in [5, 5.41) is 0. The number of benzene rings is 1. The summed E-state index contributed by atoms with van der Waals surface area (Å²) in [6.45, 7) is 4.73. The molecule has 3 nitrogen and oxygen atoms in total. The van der Waals surface area contributed by atoms with Gasteiger partial charge in [-0.15, -0.1) is 0 Å². The maximum absolute atomic E-state index is 5.92. The van der Waals surface area contributed by atoms with Crippen LogP contribution in [0.25, 0.3) is 0 Å². The van der Waals surface area contributed by atoms with Gasteiger partial charge in [-0.2, -0.15) is 0 Å². The Labute approximate surface area is 120 Å². The third kappa shape index (κ3) is 4.35. The van der Waals surface area contributed by atoms with E-state index in [9.17, 15) is 0 Å². The molecule has 0 aliphatic rings. The first-order valence-electron chi connectivity index (χ1n) is 7.06. The molecular weight excluding hydrogens is 248 g/mol. The van der Waals surface area contributed by atoms with Crippen molar-refractivity contribution < 1.29 is 4.74 Å². The van der Waals surface area contributed by atoms with Crippen LogP contribution in [0.3, 0.4) is 0 Å². The van der Waals surface area contributed by atoms with E-state index in [2.05, 4.69) is 43.1 Å². The number of hydrogen-bond donors (Lipinski definition) is 1. The molecule has 0 saturated carbocycles. The summed E-state index contributed by atoms with van der Waals surface area (Å²) in [5.74, 6) is 0.791. The predicted octanol–water partition coefficient (Wildman–Crippen LogP) is 3.25. The fraction of sp³-hybridized carbons (Fsp3) is 0.353. The van der Waals surface area contributed by atoms with Crippen LogP contribution in [0.2, 0.25) is 0 Å². The van der Waals surface area contributed by atoms with Crippen molar-refractivity contribution in [1.29, 1.82) is 0 Å². The van der Waals surface area contributed by atoms with Crippen LogP contribution < -0.4 is 10.5 Å². The molecule has 0 radical (unpaired) electrons. The van der Waals surface area contributed by atoms with E-state index in [1.807, 2.05) is 12.1 Å². The fourth-order valence-corrected chi connectivity index (χ4v) is 1.88. The lowest BCUT2D eigenvalue weighted by Gasteiger charge is -2.09. The van der Waals surface area contributed by atoms with E-state index < -0.39 is 0 Å². The first-order chi connectivity index (χ1) is 9.67. The minimum atomic E-state index is 0.182. The summed E-state index contributed by atoms with van der Waals surface area (Å²) in [4.78, 5) is 4.39. The van der Waals surface area contributed by atoms with Crippen LogP contribution >= 0.6 is 0 Å². The average molecular weight is 270 g/mol. The van der Waals surface area contributed by atoms with Crippen molar-refractivity contribution in [3.63, 3.8) is 0 Å². The first kappa shape index (κ1) is 14.5. The number of aryl methyl sites for hydroxylation is 1. The second kappa shape index (κ2) is 7.06. The minimum Gasteiger partial charge on any atom is -0.487 e. The van der Waals surface area contributed by atoms with Crippen molar-refractivity contribution in [3.05, 3.63) is 59.4 Å². The molecule has 1 atom stereocenters. The molecule has 0 fully saturated rings. The van der Waals surface area contributed by atoms with Crippen LogP contribution in [0.15, 0.2) is 42.6 Å². The van der Waals surface area contributed by atoms with E-state index in [1.54, 1.807) is 6.20 Å². The number of aromatic nitrogens is 1. The van der Waals surface area contributed by atoms with E-state index in [0.717, 1.165) is 29.8 Å². The SMILES string of the molecule is CCC(N)Cc1ccc(OCc2ccc(C)cc2)cn1. The lowest BCUT2D eigenvalue weighted by atomic mass is 10.1. The van der Waals surface area contributed by atoms with Gasteiger partial charge < -0.3 is 10.5 Å². The molecule has 0 aliphatic heterocycles. The van der Waals surface area contributed by atoms with Gasteiger partial charge in [-0.05, 0) is 31.0 Å². The lowest BCUT2D eigenvalue weighted by Crippen LogP contribution is -2.21. The zero-order valence-electron chi connectivity index (χ0n) is 12.2. The Bertz CT molecular complexity index is 520. The van der Waals surface area contributed by atoms with Crippen LogP contribution in [0.1, 0.15) is 30.2 Å². The Morgan fingerprint density at radius 1 is 1.15 bits per heavy atom. The highest BCUT2D eigenvalue weighted by Crippen LogP contribution is 2.13. The van der Waals surface area contributed by atoms with Crippen LogP contribution in [0.5, 0.6) is 5.75 Å². The van der Waals surface area contributed by atoms with Gasteiger partial charge in [0.2, 0.25) is 0 Å². The van der Waals surface area contributed by atoms with E-state index in [1.165, 1.54) is 5.56 Å². The number of nitrogens with zero attached hydrogens (tertiary/aromatic N) is 1. The molecule has 2 rings (SSSR count). The van der Waals surface area contributed by atoms with E-state index in [-0.39, 0.29) is 6.04 Å². The standard InChI is InChI=1S/C17H22N2O/c1-3-15(18)10-16-8-9-17(11-19-16)20-12-14-6-4-13(2)5-7-14/h4-9,11,15H,3,10,12,18H2,1-2H3. The molecule has 2 aromatic rings. The molecule has 106 valence electrons. The van der Waals surface area contributed by atoms with Crippen molar-refractivity contribution in [3.8, 4) is 5.75 Å². The Morgan fingerprint density at radius 3 is 2.50 bits per heavy atom. The molecule has 2 N–H and O–H groups in total. The molecule has 1 aromatic carbocycles. The maximum atomic E-state index is 5.92. The number of hydrogen-bond acceptors (Lipinski definition) is 3.